The van der Waals surface area contributed by atoms with Gasteiger partial charge >= 0.3 is 47.9 Å². The van der Waals surface area contributed by atoms with Crippen LogP contribution in [0, 0.1) is 0 Å². The summed E-state index contributed by atoms with van der Waals surface area (Å²) >= 11 is 0. The van der Waals surface area contributed by atoms with Crippen LogP contribution in [0.1, 0.15) is 85.0 Å². The molecule has 0 aliphatic heterocycles. The molecule has 4 aromatic rings. The standard InChI is InChI=1S/C49H57FN10O17/c50-23-1-2-33-26-60(59-58-33)34-15-7-29(8-16-34)43(67)53-32(13-19-39(61)51-30-9-3-27(4-10-30)24-37(46(72)73)56-48(76)54-35(44(68)69)17-21-41(63)64)14-20-40(62)52-31-11-5-28(6-12-31)25-38(47(74)75)57-49(77)55-36(45(70)71)18-22-42(65)66/h3-12,15-16,26,32,35-38H,1-2,13-14,17-25H2,(H,51,61)(H,52,62)(H,53,67)(H,63,64)(H,65,66)(H,68,69)(H,70,71)(H,72,73)(H,74,75)(H2,54,56,76)(H2,55,57,77)/t35-,36-,37-,38-/m0/s1. The Morgan fingerprint density at radius 1 is 0.506 bits per heavy atom. The number of nitrogens with one attached hydrogen (secondary N) is 7. The van der Waals surface area contributed by atoms with Crippen LogP contribution in [0.15, 0.2) is 79.0 Å². The second-order valence-corrected chi connectivity index (χ2v) is 17.3. The first kappa shape index (κ1) is 60.1. The summed E-state index contributed by atoms with van der Waals surface area (Å²) in [5.41, 5.74) is 2.77. The number of amides is 7. The minimum atomic E-state index is -1.59. The zero-order chi connectivity index (χ0) is 56.6. The molecule has 0 saturated heterocycles. The van der Waals surface area contributed by atoms with Crippen LogP contribution < -0.4 is 37.2 Å². The Bertz CT molecular complexity index is 2610. The number of aromatic nitrogens is 3. The molecule has 0 saturated carbocycles. The van der Waals surface area contributed by atoms with Crippen molar-refractivity contribution in [2.75, 3.05) is 17.3 Å². The number of alkyl halides is 1. The number of hydrogen-bond donors (Lipinski definition) is 13. The third-order valence-electron chi connectivity index (χ3n) is 11.3. The van der Waals surface area contributed by atoms with Crippen LogP contribution >= 0.6 is 0 Å². The monoisotopic (exact) mass is 1080 g/mol. The highest BCUT2D eigenvalue weighted by Crippen LogP contribution is 2.17. The van der Waals surface area contributed by atoms with Crippen LogP contribution in [0.25, 0.3) is 5.69 Å². The molecule has 77 heavy (non-hydrogen) atoms. The van der Waals surface area contributed by atoms with Crippen LogP contribution in [-0.2, 0) is 57.6 Å². The molecule has 0 spiro atoms. The smallest absolute Gasteiger partial charge is 0.326 e. The van der Waals surface area contributed by atoms with Crippen LogP contribution in [0.2, 0.25) is 0 Å². The number of nitrogens with zero attached hydrogens (tertiary/aromatic N) is 3. The largest absolute Gasteiger partial charge is 0.481 e. The third kappa shape index (κ3) is 21.5. The molecule has 0 radical (unpaired) electrons. The van der Waals surface area contributed by atoms with E-state index in [1.54, 1.807) is 18.3 Å². The number of hydrogen-bond acceptors (Lipinski definition) is 13. The van der Waals surface area contributed by atoms with E-state index in [0.29, 0.717) is 40.3 Å². The van der Waals surface area contributed by atoms with Gasteiger partial charge < -0.3 is 67.9 Å². The zero-order valence-electron chi connectivity index (χ0n) is 41.0. The van der Waals surface area contributed by atoms with Crippen LogP contribution in [0.3, 0.4) is 0 Å². The summed E-state index contributed by atoms with van der Waals surface area (Å²) in [6, 6.07) is 8.80. The first-order chi connectivity index (χ1) is 36.6. The highest BCUT2D eigenvalue weighted by molar-refractivity contribution is 5.95. The van der Waals surface area contributed by atoms with Gasteiger partial charge in [-0.05, 0) is 98.2 Å². The van der Waals surface area contributed by atoms with Gasteiger partial charge in [0.1, 0.15) is 24.2 Å². The Kier molecular flexibility index (Phi) is 23.4. The number of carbonyl (C=O) groups excluding carboxylic acids is 5. The van der Waals surface area contributed by atoms with Crippen molar-refractivity contribution in [1.29, 1.82) is 0 Å². The fraction of sp³-hybridized carbons (Fsp3) is 0.367. The number of carboxylic acids is 6. The van der Waals surface area contributed by atoms with Gasteiger partial charge in [0, 0.05) is 61.5 Å². The molecule has 4 rings (SSSR count). The molecule has 13 N–H and O–H groups in total. The van der Waals surface area contributed by atoms with Gasteiger partial charge in [-0.15, -0.1) is 5.10 Å². The first-order valence-corrected chi connectivity index (χ1v) is 23.7. The number of urea groups is 2. The summed E-state index contributed by atoms with van der Waals surface area (Å²) in [4.78, 5) is 133. The van der Waals surface area contributed by atoms with Crippen LogP contribution in [0.4, 0.5) is 25.4 Å². The van der Waals surface area contributed by atoms with Crippen molar-refractivity contribution in [3.8, 4) is 5.69 Å². The lowest BCUT2D eigenvalue weighted by Gasteiger charge is -2.19. The van der Waals surface area contributed by atoms with Gasteiger partial charge in [0.05, 0.1) is 24.3 Å². The lowest BCUT2D eigenvalue weighted by Crippen LogP contribution is -2.51. The SMILES string of the molecule is O=C(O)CC[C@H](NC(=O)N[C@@H](Cc1ccc(NC(=O)CCC(CCC(=O)Nc2ccc(C[C@H](NC(=O)N[C@@H](CCC(=O)O)C(=O)O)C(=O)O)cc2)NC(=O)c2ccc(-n3cc(CCCF)nn3)cc2)cc1)C(=O)O)C(=O)O. The maximum Gasteiger partial charge on any atom is 0.326 e. The number of carbonyl (C=O) groups is 11. The van der Waals surface area contributed by atoms with Gasteiger partial charge in [-0.2, -0.15) is 0 Å². The van der Waals surface area contributed by atoms with Gasteiger partial charge in [0.25, 0.3) is 5.91 Å². The summed E-state index contributed by atoms with van der Waals surface area (Å²) in [5, 5.41) is 80.5. The molecule has 28 heteroatoms. The predicted octanol–water partition coefficient (Wildman–Crippen LogP) is 2.33. The number of aryl methyl sites for hydroxylation is 1. The summed E-state index contributed by atoms with van der Waals surface area (Å²) in [6.45, 7) is -0.508. The molecule has 0 fully saturated rings. The van der Waals surface area contributed by atoms with E-state index in [1.165, 1.54) is 65.3 Å². The lowest BCUT2D eigenvalue weighted by atomic mass is 10.0. The van der Waals surface area contributed by atoms with Gasteiger partial charge in [0.2, 0.25) is 11.8 Å². The Balaban J connectivity index is 1.38. The van der Waals surface area contributed by atoms with E-state index in [1.807, 2.05) is 10.6 Å². The fourth-order valence-corrected chi connectivity index (χ4v) is 7.25. The normalized spacial score (nSPS) is 12.4. The highest BCUT2D eigenvalue weighted by Gasteiger charge is 2.27. The predicted molar refractivity (Wildman–Crippen MR) is 266 cm³/mol. The van der Waals surface area contributed by atoms with Crippen LogP contribution in [-0.4, -0.2) is 148 Å². The Morgan fingerprint density at radius 3 is 1.31 bits per heavy atom. The summed E-state index contributed by atoms with van der Waals surface area (Å²) in [7, 11) is 0. The topological polar surface area (TPSA) is 424 Å². The van der Waals surface area contributed by atoms with E-state index in [9.17, 15) is 77.6 Å². The van der Waals surface area contributed by atoms with Gasteiger partial charge in [0.15, 0.2) is 0 Å². The molecule has 0 unspecified atom stereocenters. The van der Waals surface area contributed by atoms with Crippen molar-refractivity contribution in [3.63, 3.8) is 0 Å². The Hall–Kier alpha value is -9.50. The minimum Gasteiger partial charge on any atom is -0.481 e. The molecule has 1 heterocycles. The molecule has 412 valence electrons. The Morgan fingerprint density at radius 2 is 0.922 bits per heavy atom. The molecule has 3 aromatic carbocycles. The second-order valence-electron chi connectivity index (χ2n) is 17.3. The van der Waals surface area contributed by atoms with E-state index in [0.717, 1.165) is 0 Å². The Labute approximate surface area is 437 Å². The summed E-state index contributed by atoms with van der Waals surface area (Å²) in [6.07, 6.45) is -0.462. The van der Waals surface area contributed by atoms with Crippen molar-refractivity contribution in [2.45, 2.75) is 107 Å². The number of anilines is 2. The molecule has 0 aliphatic rings. The maximum absolute atomic E-state index is 13.6. The maximum atomic E-state index is 13.6. The van der Waals surface area contributed by atoms with E-state index >= 15 is 0 Å². The minimum absolute atomic E-state index is 0.0412. The molecule has 0 aliphatic carbocycles. The van der Waals surface area contributed by atoms with Crippen molar-refractivity contribution in [1.82, 2.24) is 41.6 Å². The number of halogens is 1. The quantitative estimate of drug-likeness (QED) is 0.0334. The average Bonchev–Trinajstić information content (AvgIpc) is 3.86. The van der Waals surface area contributed by atoms with E-state index in [2.05, 4.69) is 36.9 Å². The average molecular weight is 1080 g/mol. The number of aliphatic carboxylic acids is 6. The van der Waals surface area contributed by atoms with E-state index in [4.69, 9.17) is 10.2 Å². The molecule has 0 bridgehead atoms. The summed E-state index contributed by atoms with van der Waals surface area (Å²) < 4.78 is 14.1. The molecule has 27 nitrogen and oxygen atoms in total. The van der Waals surface area contributed by atoms with E-state index < -0.39 is 128 Å². The van der Waals surface area contributed by atoms with Crippen molar-refractivity contribution < 1.29 is 87.8 Å². The molecule has 1 aromatic heterocycles. The molecule has 4 atom stereocenters. The lowest BCUT2D eigenvalue weighted by molar-refractivity contribution is -0.142. The van der Waals surface area contributed by atoms with Gasteiger partial charge in [-0.3, -0.25) is 28.4 Å². The molecular formula is C49H57FN10O17. The first-order valence-electron chi connectivity index (χ1n) is 23.7. The highest BCUT2D eigenvalue weighted by atomic mass is 19.1. The number of rotatable bonds is 32. The molecule has 7 amide bonds. The van der Waals surface area contributed by atoms with Crippen molar-refractivity contribution >= 4 is 77.0 Å². The van der Waals surface area contributed by atoms with Crippen molar-refractivity contribution in [3.05, 3.63) is 101 Å². The second kappa shape index (κ2) is 30.0. The van der Waals surface area contributed by atoms with E-state index in [-0.39, 0.29) is 50.5 Å². The number of benzene rings is 3. The van der Waals surface area contributed by atoms with Crippen molar-refractivity contribution in [2.24, 2.45) is 0 Å². The van der Waals surface area contributed by atoms with Gasteiger partial charge in [-0.25, -0.2) is 33.4 Å². The number of carboxylic acid groups (broad SMARTS) is 6. The zero-order valence-corrected chi connectivity index (χ0v) is 41.0. The van der Waals surface area contributed by atoms with Crippen LogP contribution in [0.5, 0.6) is 0 Å². The third-order valence-corrected chi connectivity index (χ3v) is 11.3. The fourth-order valence-electron chi connectivity index (χ4n) is 7.25. The van der Waals surface area contributed by atoms with Gasteiger partial charge in [-0.1, -0.05) is 29.5 Å². The molecular weight excluding hydrogens is 1020 g/mol. The summed E-state index contributed by atoms with van der Waals surface area (Å²) in [5.74, 6) is -10.1.